The van der Waals surface area contributed by atoms with Gasteiger partial charge in [0, 0.05) is 9.50 Å². The molecule has 0 bridgehead atoms. The normalized spacial score (nSPS) is 24.5. The van der Waals surface area contributed by atoms with E-state index in [9.17, 15) is 0 Å². The van der Waals surface area contributed by atoms with Crippen LogP contribution in [0.2, 0.25) is 5.02 Å². The molecule has 3 rings (SSSR count). The van der Waals surface area contributed by atoms with Crippen molar-refractivity contribution in [3.05, 3.63) is 69.2 Å². The molecule has 1 heterocycles. The van der Waals surface area contributed by atoms with Crippen LogP contribution in [0.5, 0.6) is 0 Å². The number of hydrogen-bond acceptors (Lipinski definition) is 1. The van der Waals surface area contributed by atoms with Gasteiger partial charge in [0.2, 0.25) is 0 Å². The Bertz CT molecular complexity index is 672. The molecule has 5 heteroatoms. The maximum absolute atomic E-state index is 5.99. The molecule has 2 aromatic rings. The first kappa shape index (κ1) is 14.8. The van der Waals surface area contributed by atoms with Crippen LogP contribution in [0.25, 0.3) is 0 Å². The Labute approximate surface area is 143 Å². The van der Waals surface area contributed by atoms with Crippen molar-refractivity contribution in [2.45, 2.75) is 18.5 Å². The fourth-order valence-corrected chi connectivity index (χ4v) is 3.45. The molecular weight excluding hydrogens is 368 g/mol. The third kappa shape index (κ3) is 2.80. The molecule has 2 aromatic carbocycles. The van der Waals surface area contributed by atoms with Crippen molar-refractivity contribution in [3.8, 4) is 0 Å². The molecular formula is C16H14BrClN2S. The highest BCUT2D eigenvalue weighted by molar-refractivity contribution is 9.10. The number of rotatable bonds is 2. The van der Waals surface area contributed by atoms with Crippen molar-refractivity contribution in [2.24, 2.45) is 0 Å². The van der Waals surface area contributed by atoms with Gasteiger partial charge < -0.3 is 10.6 Å². The van der Waals surface area contributed by atoms with Gasteiger partial charge >= 0.3 is 0 Å². The van der Waals surface area contributed by atoms with Crippen molar-refractivity contribution >= 4 is 44.9 Å². The van der Waals surface area contributed by atoms with Crippen LogP contribution < -0.4 is 10.6 Å². The van der Waals surface area contributed by atoms with Crippen LogP contribution in [0.1, 0.15) is 24.1 Å². The second kappa shape index (κ2) is 5.59. The van der Waals surface area contributed by atoms with E-state index >= 15 is 0 Å². The SMILES string of the molecule is C[C@@]1(c2ccc(Br)cc2)NC(=S)N[C@@H]1c1ccc(Cl)cc1. The van der Waals surface area contributed by atoms with Crippen molar-refractivity contribution in [3.63, 3.8) is 0 Å². The lowest BCUT2D eigenvalue weighted by atomic mass is 9.82. The summed E-state index contributed by atoms with van der Waals surface area (Å²) in [5.41, 5.74) is 2.03. The first-order valence-corrected chi connectivity index (χ1v) is 8.17. The van der Waals surface area contributed by atoms with E-state index in [0.717, 1.165) is 15.1 Å². The van der Waals surface area contributed by atoms with Crippen LogP contribution in [0, 0.1) is 0 Å². The minimum atomic E-state index is -0.300. The van der Waals surface area contributed by atoms with Crippen LogP contribution in [0.3, 0.4) is 0 Å². The summed E-state index contributed by atoms with van der Waals surface area (Å²) in [5.74, 6) is 0. The summed E-state index contributed by atoms with van der Waals surface area (Å²) in [6.45, 7) is 2.15. The predicted molar refractivity (Wildman–Crippen MR) is 94.6 cm³/mol. The molecule has 0 unspecified atom stereocenters. The van der Waals surface area contributed by atoms with Gasteiger partial charge in [-0.15, -0.1) is 0 Å². The second-order valence-corrected chi connectivity index (χ2v) is 7.05. The van der Waals surface area contributed by atoms with E-state index < -0.39 is 0 Å². The van der Waals surface area contributed by atoms with Gasteiger partial charge in [0.15, 0.2) is 5.11 Å². The third-order valence-corrected chi connectivity index (χ3v) is 4.87. The molecule has 1 saturated heterocycles. The summed E-state index contributed by atoms with van der Waals surface area (Å²) >= 11 is 14.8. The monoisotopic (exact) mass is 380 g/mol. The molecule has 0 aliphatic carbocycles. The second-order valence-electron chi connectivity index (χ2n) is 5.29. The predicted octanol–water partition coefficient (Wildman–Crippen LogP) is 4.54. The average Bonchev–Trinajstić information content (AvgIpc) is 2.76. The number of nitrogens with one attached hydrogen (secondary N) is 2. The topological polar surface area (TPSA) is 24.1 Å². The summed E-state index contributed by atoms with van der Waals surface area (Å²) < 4.78 is 1.06. The zero-order valence-electron chi connectivity index (χ0n) is 11.4. The standard InChI is InChI=1S/C16H14BrClN2S/c1-16(11-4-6-12(17)7-5-11)14(19-15(21)20-16)10-2-8-13(18)9-3-10/h2-9,14H,1H3,(H2,19,20,21)/t14-,16+/m1/s1. The number of hydrogen-bond donors (Lipinski definition) is 2. The largest absolute Gasteiger partial charge is 0.353 e. The van der Waals surface area contributed by atoms with Gasteiger partial charge in [-0.2, -0.15) is 0 Å². The summed E-state index contributed by atoms with van der Waals surface area (Å²) in [5, 5.41) is 8.16. The number of benzene rings is 2. The molecule has 1 aliphatic heterocycles. The molecule has 21 heavy (non-hydrogen) atoms. The first-order valence-electron chi connectivity index (χ1n) is 6.59. The molecule has 0 radical (unpaired) electrons. The van der Waals surface area contributed by atoms with Crippen LogP contribution in [-0.2, 0) is 5.54 Å². The maximum Gasteiger partial charge on any atom is 0.167 e. The lowest BCUT2D eigenvalue weighted by Gasteiger charge is -2.31. The molecule has 0 aromatic heterocycles. The van der Waals surface area contributed by atoms with Crippen molar-refractivity contribution in [1.29, 1.82) is 0 Å². The van der Waals surface area contributed by atoms with Crippen LogP contribution in [0.4, 0.5) is 0 Å². The van der Waals surface area contributed by atoms with Gasteiger partial charge in [0.05, 0.1) is 11.6 Å². The Kier molecular flexibility index (Phi) is 3.95. The van der Waals surface area contributed by atoms with Crippen LogP contribution in [0.15, 0.2) is 53.0 Å². The van der Waals surface area contributed by atoms with E-state index in [1.54, 1.807) is 0 Å². The lowest BCUT2D eigenvalue weighted by molar-refractivity contribution is 0.379. The highest BCUT2D eigenvalue weighted by atomic mass is 79.9. The molecule has 1 aliphatic rings. The van der Waals surface area contributed by atoms with E-state index in [1.807, 2.05) is 36.4 Å². The highest BCUT2D eigenvalue weighted by Gasteiger charge is 2.43. The molecule has 2 N–H and O–H groups in total. The van der Waals surface area contributed by atoms with Gasteiger partial charge in [-0.05, 0) is 54.5 Å². The van der Waals surface area contributed by atoms with Gasteiger partial charge in [0.1, 0.15) is 0 Å². The van der Waals surface area contributed by atoms with Gasteiger partial charge in [-0.25, -0.2) is 0 Å². The molecule has 1 fully saturated rings. The molecule has 2 atom stereocenters. The molecule has 0 amide bonds. The Morgan fingerprint density at radius 2 is 1.71 bits per heavy atom. The summed E-state index contributed by atoms with van der Waals surface area (Å²) in [6, 6.07) is 16.2. The minimum absolute atomic E-state index is 0.0587. The summed E-state index contributed by atoms with van der Waals surface area (Å²) in [4.78, 5) is 0. The highest BCUT2D eigenvalue weighted by Crippen LogP contribution is 2.38. The van der Waals surface area contributed by atoms with Gasteiger partial charge in [-0.3, -0.25) is 0 Å². The Balaban J connectivity index is 2.04. The minimum Gasteiger partial charge on any atom is -0.353 e. The maximum atomic E-state index is 5.99. The van der Waals surface area contributed by atoms with E-state index in [-0.39, 0.29) is 11.6 Å². The third-order valence-electron chi connectivity index (χ3n) is 3.87. The summed E-state index contributed by atoms with van der Waals surface area (Å²) in [6.07, 6.45) is 0. The quantitative estimate of drug-likeness (QED) is 0.747. The van der Waals surface area contributed by atoms with Gasteiger partial charge in [0.25, 0.3) is 0 Å². The number of halogens is 2. The lowest BCUT2D eigenvalue weighted by Crippen LogP contribution is -2.39. The van der Waals surface area contributed by atoms with Crippen molar-refractivity contribution in [2.75, 3.05) is 0 Å². The molecule has 2 nitrogen and oxygen atoms in total. The first-order chi connectivity index (χ1) is 9.99. The van der Waals surface area contributed by atoms with E-state index in [1.165, 1.54) is 5.56 Å². The van der Waals surface area contributed by atoms with Crippen LogP contribution >= 0.6 is 39.7 Å². The van der Waals surface area contributed by atoms with Crippen LogP contribution in [-0.4, -0.2) is 5.11 Å². The van der Waals surface area contributed by atoms with Crippen molar-refractivity contribution in [1.82, 2.24) is 10.6 Å². The van der Waals surface area contributed by atoms with E-state index in [2.05, 4.69) is 45.6 Å². The smallest absolute Gasteiger partial charge is 0.167 e. The molecule has 0 spiro atoms. The Hall–Kier alpha value is -1.10. The average molecular weight is 382 g/mol. The fraction of sp³-hybridized carbons (Fsp3) is 0.188. The fourth-order valence-electron chi connectivity index (χ4n) is 2.73. The van der Waals surface area contributed by atoms with Crippen molar-refractivity contribution < 1.29 is 0 Å². The van der Waals surface area contributed by atoms with E-state index in [0.29, 0.717) is 5.11 Å². The van der Waals surface area contributed by atoms with E-state index in [4.69, 9.17) is 23.8 Å². The Morgan fingerprint density at radius 3 is 2.33 bits per heavy atom. The summed E-state index contributed by atoms with van der Waals surface area (Å²) in [7, 11) is 0. The zero-order valence-corrected chi connectivity index (χ0v) is 14.5. The Morgan fingerprint density at radius 1 is 1.10 bits per heavy atom. The molecule has 0 saturated carbocycles. The number of thiocarbonyl (C=S) groups is 1. The molecule has 108 valence electrons. The zero-order chi connectivity index (χ0) is 15.0. The van der Waals surface area contributed by atoms with Gasteiger partial charge in [-0.1, -0.05) is 51.8 Å².